The number of aromatic nitrogens is 2. The lowest BCUT2D eigenvalue weighted by molar-refractivity contribution is -0.159. The van der Waals surface area contributed by atoms with E-state index in [4.69, 9.17) is 4.74 Å². The molecule has 2 saturated heterocycles. The Morgan fingerprint density at radius 1 is 1.17 bits per heavy atom. The van der Waals surface area contributed by atoms with Gasteiger partial charge in [0.2, 0.25) is 11.8 Å². The average molecular weight is 493 g/mol. The standard InChI is InChI=1S/C24H30F2N4O5/c1-23(2,3)35-20(32)12-29-10-9-15(24(25,26)13-29)14-5-6-16-18(11-14)28(4)22(34)30(16)17-7-8-19(31)27-21(17)33/h5-6,11,15,17H,7-10,12-13H2,1-4H3,(H,27,31,33). The number of carbonyl (C=O) groups is 3. The molecular weight excluding hydrogens is 462 g/mol. The van der Waals surface area contributed by atoms with Crippen molar-refractivity contribution in [1.82, 2.24) is 19.4 Å². The van der Waals surface area contributed by atoms with Gasteiger partial charge in [0, 0.05) is 13.5 Å². The van der Waals surface area contributed by atoms with E-state index in [1.54, 1.807) is 39.0 Å². The van der Waals surface area contributed by atoms with Gasteiger partial charge in [0.15, 0.2) is 0 Å². The highest BCUT2D eigenvalue weighted by Crippen LogP contribution is 2.41. The van der Waals surface area contributed by atoms with E-state index in [0.29, 0.717) is 23.1 Å². The Kier molecular flexibility index (Phi) is 6.33. The maximum atomic E-state index is 15.2. The van der Waals surface area contributed by atoms with Crippen LogP contribution in [-0.2, 0) is 26.2 Å². The van der Waals surface area contributed by atoms with Crippen LogP contribution in [0.25, 0.3) is 11.0 Å². The highest BCUT2D eigenvalue weighted by Gasteiger charge is 2.46. The minimum Gasteiger partial charge on any atom is -0.459 e. The van der Waals surface area contributed by atoms with Crippen molar-refractivity contribution in [1.29, 1.82) is 0 Å². The Labute approximate surface area is 201 Å². The van der Waals surface area contributed by atoms with E-state index in [1.165, 1.54) is 21.1 Å². The van der Waals surface area contributed by atoms with E-state index in [9.17, 15) is 19.2 Å². The molecule has 11 heteroatoms. The highest BCUT2D eigenvalue weighted by molar-refractivity contribution is 6.00. The summed E-state index contributed by atoms with van der Waals surface area (Å²) in [5.41, 5.74) is 0.125. The van der Waals surface area contributed by atoms with Gasteiger partial charge in [-0.3, -0.25) is 33.7 Å². The molecule has 2 aliphatic heterocycles. The summed E-state index contributed by atoms with van der Waals surface area (Å²) in [5.74, 6) is -5.67. The molecular formula is C24H30F2N4O5. The van der Waals surface area contributed by atoms with Crippen molar-refractivity contribution >= 4 is 28.8 Å². The topological polar surface area (TPSA) is 103 Å². The molecule has 0 bridgehead atoms. The van der Waals surface area contributed by atoms with Crippen LogP contribution < -0.4 is 11.0 Å². The monoisotopic (exact) mass is 492 g/mol. The quantitative estimate of drug-likeness (QED) is 0.518. The molecule has 2 amide bonds. The Morgan fingerprint density at radius 2 is 1.89 bits per heavy atom. The third-order valence-corrected chi connectivity index (χ3v) is 6.49. The zero-order chi connectivity index (χ0) is 25.7. The number of imidazole rings is 1. The summed E-state index contributed by atoms with van der Waals surface area (Å²) in [7, 11) is 1.53. The van der Waals surface area contributed by atoms with Crippen LogP contribution in [0.15, 0.2) is 23.0 Å². The lowest BCUT2D eigenvalue weighted by atomic mass is 9.86. The number of nitrogens with zero attached hydrogens (tertiary/aromatic N) is 3. The molecule has 3 heterocycles. The predicted octanol–water partition coefficient (Wildman–Crippen LogP) is 2.08. The molecule has 1 aromatic carbocycles. The van der Waals surface area contributed by atoms with Gasteiger partial charge in [-0.1, -0.05) is 6.07 Å². The molecule has 0 saturated carbocycles. The van der Waals surface area contributed by atoms with Crippen LogP contribution in [0.5, 0.6) is 0 Å². The summed E-state index contributed by atoms with van der Waals surface area (Å²) in [6.07, 6.45) is 0.439. The molecule has 1 aromatic heterocycles. The van der Waals surface area contributed by atoms with E-state index < -0.39 is 47.6 Å². The predicted molar refractivity (Wildman–Crippen MR) is 123 cm³/mol. The number of hydrogen-bond acceptors (Lipinski definition) is 6. The van der Waals surface area contributed by atoms with Crippen molar-refractivity contribution in [2.75, 3.05) is 19.6 Å². The smallest absolute Gasteiger partial charge is 0.329 e. The third-order valence-electron chi connectivity index (χ3n) is 6.49. The fourth-order valence-electron chi connectivity index (χ4n) is 4.94. The molecule has 2 fully saturated rings. The number of imide groups is 1. The van der Waals surface area contributed by atoms with E-state index in [1.807, 2.05) is 0 Å². The van der Waals surface area contributed by atoms with Gasteiger partial charge in [0.1, 0.15) is 11.6 Å². The maximum Gasteiger partial charge on any atom is 0.329 e. The van der Waals surface area contributed by atoms with Gasteiger partial charge in [0.05, 0.1) is 30.0 Å². The van der Waals surface area contributed by atoms with Crippen molar-refractivity contribution in [3.8, 4) is 0 Å². The van der Waals surface area contributed by atoms with Gasteiger partial charge < -0.3 is 4.74 Å². The highest BCUT2D eigenvalue weighted by atomic mass is 19.3. The number of rotatable bonds is 4. The number of esters is 1. The van der Waals surface area contributed by atoms with Gasteiger partial charge in [0.25, 0.3) is 5.92 Å². The molecule has 0 radical (unpaired) electrons. The molecule has 4 rings (SSSR count). The maximum absolute atomic E-state index is 15.2. The Hall–Kier alpha value is -3.08. The Morgan fingerprint density at radius 3 is 2.51 bits per heavy atom. The van der Waals surface area contributed by atoms with Crippen LogP contribution in [0.2, 0.25) is 0 Å². The Balaban J connectivity index is 1.58. The number of hydrogen-bond donors (Lipinski definition) is 1. The first-order valence-corrected chi connectivity index (χ1v) is 11.6. The third kappa shape index (κ3) is 5.00. The first-order valence-electron chi connectivity index (χ1n) is 11.6. The first kappa shape index (κ1) is 25.0. The number of alkyl halides is 2. The second kappa shape index (κ2) is 8.85. The molecule has 2 aliphatic rings. The second-order valence-corrected chi connectivity index (χ2v) is 10.3. The Bertz CT molecular complexity index is 1240. The molecule has 2 aromatic rings. The van der Waals surface area contributed by atoms with Crippen molar-refractivity contribution < 1.29 is 27.9 Å². The summed E-state index contributed by atoms with van der Waals surface area (Å²) in [5, 5.41) is 2.25. The number of carbonyl (C=O) groups excluding carboxylic acids is 3. The fourth-order valence-corrected chi connectivity index (χ4v) is 4.94. The molecule has 9 nitrogen and oxygen atoms in total. The molecule has 35 heavy (non-hydrogen) atoms. The lowest BCUT2D eigenvalue weighted by Crippen LogP contribution is -2.49. The van der Waals surface area contributed by atoms with Crippen molar-refractivity contribution in [3.05, 3.63) is 34.2 Å². The summed E-state index contributed by atoms with van der Waals surface area (Å²) in [6, 6.07) is 3.87. The van der Waals surface area contributed by atoms with Crippen LogP contribution >= 0.6 is 0 Å². The molecule has 0 spiro atoms. The summed E-state index contributed by atoms with van der Waals surface area (Å²) < 4.78 is 38.3. The van der Waals surface area contributed by atoms with E-state index in [-0.39, 0.29) is 31.7 Å². The molecule has 2 unspecified atom stereocenters. The molecule has 0 aliphatic carbocycles. The summed E-state index contributed by atoms with van der Waals surface area (Å²) >= 11 is 0. The van der Waals surface area contributed by atoms with Crippen LogP contribution in [0.1, 0.15) is 57.6 Å². The van der Waals surface area contributed by atoms with Crippen LogP contribution in [0.4, 0.5) is 8.78 Å². The van der Waals surface area contributed by atoms with Crippen molar-refractivity contribution in [2.24, 2.45) is 7.05 Å². The summed E-state index contributed by atoms with van der Waals surface area (Å²) in [4.78, 5) is 50.3. The zero-order valence-electron chi connectivity index (χ0n) is 20.3. The van der Waals surface area contributed by atoms with E-state index in [2.05, 4.69) is 5.32 Å². The van der Waals surface area contributed by atoms with E-state index in [0.717, 1.165) is 0 Å². The number of amides is 2. The number of nitrogens with one attached hydrogen (secondary N) is 1. The van der Waals surface area contributed by atoms with Gasteiger partial charge >= 0.3 is 11.7 Å². The molecule has 1 N–H and O–H groups in total. The number of fused-ring (bicyclic) bond motifs is 1. The minimum absolute atomic E-state index is 0.116. The van der Waals surface area contributed by atoms with Gasteiger partial charge in [-0.15, -0.1) is 0 Å². The van der Waals surface area contributed by atoms with E-state index >= 15 is 8.78 Å². The number of halogens is 2. The number of aryl methyl sites for hydroxylation is 1. The first-order chi connectivity index (χ1) is 16.3. The minimum atomic E-state index is -3.10. The normalized spacial score (nSPS) is 23.4. The number of piperidine rings is 2. The fraction of sp³-hybridized carbons (Fsp3) is 0.583. The average Bonchev–Trinajstić information content (AvgIpc) is 2.96. The number of ether oxygens (including phenoxy) is 1. The zero-order valence-corrected chi connectivity index (χ0v) is 20.3. The lowest BCUT2D eigenvalue weighted by Gasteiger charge is -2.38. The van der Waals surface area contributed by atoms with Crippen molar-refractivity contribution in [2.45, 2.75) is 63.5 Å². The SMILES string of the molecule is Cn1c(=O)n(C2CCC(=O)NC2=O)c2ccc(C3CCN(CC(=O)OC(C)(C)C)CC3(F)F)cc21. The van der Waals surface area contributed by atoms with Gasteiger partial charge in [-0.2, -0.15) is 0 Å². The molecule has 190 valence electrons. The largest absolute Gasteiger partial charge is 0.459 e. The number of benzene rings is 1. The summed E-state index contributed by atoms with van der Waals surface area (Å²) in [6.45, 7) is 4.69. The van der Waals surface area contributed by atoms with Crippen molar-refractivity contribution in [3.63, 3.8) is 0 Å². The van der Waals surface area contributed by atoms with Gasteiger partial charge in [-0.25, -0.2) is 13.6 Å². The molecule has 2 atom stereocenters. The van der Waals surface area contributed by atoms with Gasteiger partial charge in [-0.05, 0) is 57.9 Å². The number of likely N-dealkylation sites (tertiary alicyclic amines) is 1. The van der Waals surface area contributed by atoms with Crippen LogP contribution in [0.3, 0.4) is 0 Å². The van der Waals surface area contributed by atoms with Crippen LogP contribution in [-0.4, -0.2) is 63.0 Å². The second-order valence-electron chi connectivity index (χ2n) is 10.3. The van der Waals surface area contributed by atoms with Crippen LogP contribution in [0, 0.1) is 0 Å².